The molecule has 0 radical (unpaired) electrons. The SMILES string of the molecule is C[C@@H](O)c1cc2cnc(Nc3ccc(CN4CCN(CCO)CC4)cn3)nc2c(N2CCCC2)n1. The number of aliphatic hydroxyl groups excluding tert-OH is 2. The smallest absolute Gasteiger partial charge is 0.229 e. The van der Waals surface area contributed by atoms with Crippen LogP contribution in [-0.4, -0.2) is 92.4 Å². The normalized spacial score (nSPS) is 18.3. The van der Waals surface area contributed by atoms with Gasteiger partial charge in [0.05, 0.1) is 18.4 Å². The first-order valence-electron chi connectivity index (χ1n) is 12.5. The summed E-state index contributed by atoms with van der Waals surface area (Å²) in [6.07, 6.45) is 5.29. The van der Waals surface area contributed by atoms with Gasteiger partial charge >= 0.3 is 0 Å². The number of β-amino-alcohol motifs (C(OH)–C–C–N with tert-alkyl or cyclic N) is 1. The molecule has 2 aliphatic rings. The van der Waals surface area contributed by atoms with Crippen molar-refractivity contribution in [3.63, 3.8) is 0 Å². The summed E-state index contributed by atoms with van der Waals surface area (Å²) in [5.41, 5.74) is 2.58. The number of fused-ring (bicyclic) bond motifs is 1. The lowest BCUT2D eigenvalue weighted by Crippen LogP contribution is -2.46. The van der Waals surface area contributed by atoms with E-state index in [9.17, 15) is 5.11 Å². The quantitative estimate of drug-likeness (QED) is 0.444. The minimum absolute atomic E-state index is 0.221. The third-order valence-corrected chi connectivity index (χ3v) is 6.75. The molecule has 0 spiro atoms. The number of hydrogen-bond acceptors (Lipinski definition) is 10. The number of anilines is 3. The zero-order chi connectivity index (χ0) is 24.2. The van der Waals surface area contributed by atoms with Crippen LogP contribution in [0.2, 0.25) is 0 Å². The Kier molecular flexibility index (Phi) is 7.33. The van der Waals surface area contributed by atoms with Crippen molar-refractivity contribution >= 4 is 28.5 Å². The average molecular weight is 479 g/mol. The highest BCUT2D eigenvalue weighted by Crippen LogP contribution is 2.29. The molecular weight excluding hydrogens is 444 g/mol. The van der Waals surface area contributed by atoms with E-state index in [0.29, 0.717) is 17.5 Å². The third-order valence-electron chi connectivity index (χ3n) is 6.75. The van der Waals surface area contributed by atoms with E-state index in [1.165, 1.54) is 0 Å². The first-order chi connectivity index (χ1) is 17.1. The van der Waals surface area contributed by atoms with Gasteiger partial charge < -0.3 is 20.4 Å². The molecule has 2 aliphatic heterocycles. The fourth-order valence-electron chi connectivity index (χ4n) is 4.74. The summed E-state index contributed by atoms with van der Waals surface area (Å²) in [7, 11) is 0. The topological polar surface area (TPSA) is 114 Å². The van der Waals surface area contributed by atoms with Gasteiger partial charge in [-0.25, -0.2) is 19.9 Å². The van der Waals surface area contributed by atoms with Crippen molar-refractivity contribution in [3.05, 3.63) is 41.9 Å². The van der Waals surface area contributed by atoms with Crippen molar-refractivity contribution in [2.24, 2.45) is 0 Å². The Hall–Kier alpha value is -2.92. The van der Waals surface area contributed by atoms with Gasteiger partial charge in [-0.2, -0.15) is 0 Å². The van der Waals surface area contributed by atoms with Crippen molar-refractivity contribution in [1.82, 2.24) is 29.7 Å². The standard InChI is InChI=1S/C25H34N8O2/c1-18(35)21-14-20-16-27-25(30-23(20)24(28-21)33-6-2-3-7-33)29-22-5-4-19(15-26-22)17-32-10-8-31(9-11-32)12-13-34/h4-5,14-16,18,34-35H,2-3,6-13,17H2,1H3,(H,26,27,29,30)/t18-/m1/s1. The number of hydrogen-bond donors (Lipinski definition) is 3. The summed E-state index contributed by atoms with van der Waals surface area (Å²) >= 11 is 0. The Morgan fingerprint density at radius 3 is 2.43 bits per heavy atom. The van der Waals surface area contributed by atoms with Crippen molar-refractivity contribution < 1.29 is 10.2 Å². The van der Waals surface area contributed by atoms with Crippen LogP contribution in [0.4, 0.5) is 17.6 Å². The molecule has 0 unspecified atom stereocenters. The second kappa shape index (κ2) is 10.8. The highest BCUT2D eigenvalue weighted by atomic mass is 16.3. The highest BCUT2D eigenvalue weighted by molar-refractivity contribution is 5.89. The van der Waals surface area contributed by atoms with Gasteiger partial charge in [-0.15, -0.1) is 0 Å². The number of nitrogens with zero attached hydrogens (tertiary/aromatic N) is 7. The van der Waals surface area contributed by atoms with Crippen LogP contribution in [0.5, 0.6) is 0 Å². The Labute approximate surface area is 205 Å². The van der Waals surface area contributed by atoms with Crippen LogP contribution in [0.15, 0.2) is 30.6 Å². The molecule has 0 aliphatic carbocycles. The lowest BCUT2D eigenvalue weighted by Gasteiger charge is -2.34. The molecule has 1 atom stereocenters. The molecule has 3 aromatic rings. The number of piperazine rings is 1. The van der Waals surface area contributed by atoms with Crippen LogP contribution in [-0.2, 0) is 6.54 Å². The summed E-state index contributed by atoms with van der Waals surface area (Å²) in [6.45, 7) is 9.41. The van der Waals surface area contributed by atoms with Crippen LogP contribution in [0, 0.1) is 0 Å². The van der Waals surface area contributed by atoms with Crippen molar-refractivity contribution in [1.29, 1.82) is 0 Å². The predicted octanol–water partition coefficient (Wildman–Crippen LogP) is 1.93. The fourth-order valence-corrected chi connectivity index (χ4v) is 4.74. The first-order valence-corrected chi connectivity index (χ1v) is 12.5. The summed E-state index contributed by atoms with van der Waals surface area (Å²) in [5, 5.41) is 23.3. The number of aromatic nitrogens is 4. The van der Waals surface area contributed by atoms with Gasteiger partial charge in [-0.3, -0.25) is 9.80 Å². The molecule has 3 N–H and O–H groups in total. The summed E-state index contributed by atoms with van der Waals surface area (Å²) in [4.78, 5) is 25.5. The molecule has 3 aromatic heterocycles. The molecule has 10 heteroatoms. The van der Waals surface area contributed by atoms with Crippen molar-refractivity contribution in [2.45, 2.75) is 32.4 Å². The fraction of sp³-hybridized carbons (Fsp3) is 0.520. The maximum absolute atomic E-state index is 10.1. The number of pyridine rings is 2. The lowest BCUT2D eigenvalue weighted by molar-refractivity contribution is 0.108. The molecule has 0 amide bonds. The van der Waals surface area contributed by atoms with E-state index in [0.717, 1.165) is 87.5 Å². The van der Waals surface area contributed by atoms with Gasteiger partial charge in [0.15, 0.2) is 5.82 Å². The Bertz CT molecular complexity index is 1130. The number of nitrogens with one attached hydrogen (secondary N) is 1. The van der Waals surface area contributed by atoms with Gasteiger partial charge in [0.1, 0.15) is 11.3 Å². The van der Waals surface area contributed by atoms with Crippen LogP contribution in [0.25, 0.3) is 10.9 Å². The maximum atomic E-state index is 10.1. The molecule has 0 aromatic carbocycles. The molecule has 186 valence electrons. The predicted molar refractivity (Wildman–Crippen MR) is 136 cm³/mol. The van der Waals surface area contributed by atoms with Crippen molar-refractivity contribution in [2.75, 3.05) is 62.6 Å². The molecule has 5 heterocycles. The van der Waals surface area contributed by atoms with Gasteiger partial charge in [0.2, 0.25) is 5.95 Å². The van der Waals surface area contributed by atoms with Gasteiger partial charge in [0.25, 0.3) is 0 Å². The van der Waals surface area contributed by atoms with Gasteiger partial charge in [0, 0.05) is 70.1 Å². The summed E-state index contributed by atoms with van der Waals surface area (Å²) < 4.78 is 0. The van der Waals surface area contributed by atoms with Gasteiger partial charge in [-0.1, -0.05) is 6.07 Å². The third kappa shape index (κ3) is 5.67. The molecule has 0 saturated carbocycles. The highest BCUT2D eigenvalue weighted by Gasteiger charge is 2.20. The Morgan fingerprint density at radius 1 is 0.971 bits per heavy atom. The van der Waals surface area contributed by atoms with Crippen LogP contribution < -0.4 is 10.2 Å². The second-order valence-corrected chi connectivity index (χ2v) is 9.39. The number of rotatable bonds is 8. The Balaban J connectivity index is 1.28. The second-order valence-electron chi connectivity index (χ2n) is 9.39. The molecular formula is C25H34N8O2. The maximum Gasteiger partial charge on any atom is 0.229 e. The van der Waals surface area contributed by atoms with Crippen LogP contribution in [0.3, 0.4) is 0 Å². The Morgan fingerprint density at radius 2 is 1.74 bits per heavy atom. The minimum Gasteiger partial charge on any atom is -0.395 e. The first kappa shape index (κ1) is 23.8. The number of aliphatic hydroxyl groups is 2. The average Bonchev–Trinajstić information content (AvgIpc) is 3.41. The van der Waals surface area contributed by atoms with E-state index in [2.05, 4.69) is 36.1 Å². The van der Waals surface area contributed by atoms with E-state index in [4.69, 9.17) is 15.1 Å². The molecule has 2 fully saturated rings. The van der Waals surface area contributed by atoms with E-state index in [1.807, 2.05) is 18.3 Å². The largest absolute Gasteiger partial charge is 0.395 e. The van der Waals surface area contributed by atoms with Crippen LogP contribution >= 0.6 is 0 Å². The zero-order valence-electron chi connectivity index (χ0n) is 20.3. The van der Waals surface area contributed by atoms with Gasteiger partial charge in [-0.05, 0) is 37.5 Å². The lowest BCUT2D eigenvalue weighted by atomic mass is 10.2. The molecule has 5 rings (SSSR count). The molecule has 35 heavy (non-hydrogen) atoms. The molecule has 10 nitrogen and oxygen atoms in total. The van der Waals surface area contributed by atoms with E-state index < -0.39 is 6.10 Å². The molecule has 2 saturated heterocycles. The monoisotopic (exact) mass is 478 g/mol. The minimum atomic E-state index is -0.648. The summed E-state index contributed by atoms with van der Waals surface area (Å²) in [6, 6.07) is 5.91. The summed E-state index contributed by atoms with van der Waals surface area (Å²) in [5.74, 6) is 1.98. The van der Waals surface area contributed by atoms with E-state index in [1.54, 1.807) is 13.1 Å². The zero-order valence-corrected chi connectivity index (χ0v) is 20.3. The van der Waals surface area contributed by atoms with Crippen molar-refractivity contribution in [3.8, 4) is 0 Å². The van der Waals surface area contributed by atoms with E-state index in [-0.39, 0.29) is 6.61 Å². The van der Waals surface area contributed by atoms with Crippen LogP contribution in [0.1, 0.15) is 37.1 Å². The molecule has 0 bridgehead atoms. The van der Waals surface area contributed by atoms with E-state index >= 15 is 0 Å².